The molecule has 1 aromatic carbocycles. The SMILES string of the molecule is NCC1(CCO)CCOc2ccccc21. The van der Waals surface area contributed by atoms with Crippen LogP contribution >= 0.6 is 0 Å². The molecule has 3 heteroatoms. The fraction of sp³-hybridized carbons (Fsp3) is 0.500. The summed E-state index contributed by atoms with van der Waals surface area (Å²) < 4.78 is 5.59. The van der Waals surface area contributed by atoms with Crippen LogP contribution in [0.5, 0.6) is 5.75 Å². The summed E-state index contributed by atoms with van der Waals surface area (Å²) in [6.07, 6.45) is 1.60. The standard InChI is InChI=1S/C12H17NO2/c13-9-12(5-7-14)6-8-15-11-4-2-1-3-10(11)12/h1-4,14H,5-9,13H2. The molecule has 0 spiro atoms. The van der Waals surface area contributed by atoms with Gasteiger partial charge in [0.15, 0.2) is 0 Å². The third-order valence-corrected chi connectivity index (χ3v) is 3.28. The Morgan fingerprint density at radius 2 is 2.20 bits per heavy atom. The number of aliphatic hydroxyl groups excluding tert-OH is 1. The van der Waals surface area contributed by atoms with Crippen LogP contribution in [0, 0.1) is 0 Å². The number of para-hydroxylation sites is 1. The van der Waals surface area contributed by atoms with E-state index in [2.05, 4.69) is 6.07 Å². The average molecular weight is 207 g/mol. The second kappa shape index (κ2) is 4.21. The predicted molar refractivity (Wildman–Crippen MR) is 59.0 cm³/mol. The van der Waals surface area contributed by atoms with Crippen molar-refractivity contribution in [3.63, 3.8) is 0 Å². The van der Waals surface area contributed by atoms with Crippen molar-refractivity contribution >= 4 is 0 Å². The highest BCUT2D eigenvalue weighted by atomic mass is 16.5. The van der Waals surface area contributed by atoms with E-state index in [1.54, 1.807) is 0 Å². The van der Waals surface area contributed by atoms with Crippen molar-refractivity contribution in [1.29, 1.82) is 0 Å². The van der Waals surface area contributed by atoms with E-state index in [-0.39, 0.29) is 12.0 Å². The Bertz CT molecular complexity index is 340. The molecule has 0 radical (unpaired) electrons. The molecular weight excluding hydrogens is 190 g/mol. The van der Waals surface area contributed by atoms with Gasteiger partial charge in [0.2, 0.25) is 0 Å². The van der Waals surface area contributed by atoms with Crippen molar-refractivity contribution in [1.82, 2.24) is 0 Å². The molecule has 0 aliphatic carbocycles. The summed E-state index contributed by atoms with van der Waals surface area (Å²) in [6.45, 7) is 1.42. The van der Waals surface area contributed by atoms with Crippen LogP contribution in [0.4, 0.5) is 0 Å². The summed E-state index contributed by atoms with van der Waals surface area (Å²) in [5.41, 5.74) is 6.92. The van der Waals surface area contributed by atoms with E-state index in [0.717, 1.165) is 17.7 Å². The molecule has 1 aromatic rings. The number of rotatable bonds is 3. The summed E-state index contributed by atoms with van der Waals surface area (Å²) >= 11 is 0. The van der Waals surface area contributed by atoms with Crippen LogP contribution in [0.1, 0.15) is 18.4 Å². The minimum Gasteiger partial charge on any atom is -0.493 e. The first-order valence-corrected chi connectivity index (χ1v) is 5.36. The number of hydrogen-bond acceptors (Lipinski definition) is 3. The van der Waals surface area contributed by atoms with Crippen molar-refractivity contribution in [2.75, 3.05) is 19.8 Å². The van der Waals surface area contributed by atoms with E-state index >= 15 is 0 Å². The molecule has 1 atom stereocenters. The van der Waals surface area contributed by atoms with E-state index in [1.807, 2.05) is 18.2 Å². The van der Waals surface area contributed by atoms with Gasteiger partial charge in [0.05, 0.1) is 6.61 Å². The topological polar surface area (TPSA) is 55.5 Å². The lowest BCUT2D eigenvalue weighted by atomic mass is 9.74. The maximum Gasteiger partial charge on any atom is 0.123 e. The number of benzene rings is 1. The van der Waals surface area contributed by atoms with Gasteiger partial charge in [0.25, 0.3) is 0 Å². The van der Waals surface area contributed by atoms with Crippen molar-refractivity contribution < 1.29 is 9.84 Å². The normalized spacial score (nSPS) is 24.4. The molecule has 1 aliphatic heterocycles. The second-order valence-electron chi connectivity index (χ2n) is 4.05. The summed E-state index contributed by atoms with van der Waals surface area (Å²) in [5, 5.41) is 9.14. The number of nitrogens with two attached hydrogens (primary N) is 1. The summed E-state index contributed by atoms with van der Waals surface area (Å²) in [5.74, 6) is 0.919. The summed E-state index contributed by atoms with van der Waals surface area (Å²) in [4.78, 5) is 0. The van der Waals surface area contributed by atoms with Gasteiger partial charge in [-0.25, -0.2) is 0 Å². The van der Waals surface area contributed by atoms with Crippen LogP contribution in [0.25, 0.3) is 0 Å². The van der Waals surface area contributed by atoms with Crippen LogP contribution in [0.3, 0.4) is 0 Å². The molecule has 1 heterocycles. The van der Waals surface area contributed by atoms with E-state index in [0.29, 0.717) is 19.6 Å². The highest BCUT2D eigenvalue weighted by Gasteiger charge is 2.35. The largest absolute Gasteiger partial charge is 0.493 e. The lowest BCUT2D eigenvalue weighted by molar-refractivity contribution is 0.175. The highest BCUT2D eigenvalue weighted by Crippen LogP contribution is 2.40. The molecule has 82 valence electrons. The van der Waals surface area contributed by atoms with Gasteiger partial charge in [0.1, 0.15) is 5.75 Å². The number of aliphatic hydroxyl groups is 1. The first kappa shape index (κ1) is 10.5. The zero-order valence-corrected chi connectivity index (χ0v) is 8.78. The van der Waals surface area contributed by atoms with E-state index in [9.17, 15) is 0 Å². The molecule has 0 saturated heterocycles. The summed E-state index contributed by atoms with van der Waals surface area (Å²) in [6, 6.07) is 7.98. The minimum absolute atomic E-state index is 0.0937. The van der Waals surface area contributed by atoms with Crippen LogP contribution in [-0.4, -0.2) is 24.9 Å². The van der Waals surface area contributed by atoms with Gasteiger partial charge in [0, 0.05) is 24.1 Å². The van der Waals surface area contributed by atoms with Crippen molar-refractivity contribution in [3.8, 4) is 5.75 Å². The zero-order chi connectivity index (χ0) is 10.7. The maximum atomic E-state index is 9.14. The first-order valence-electron chi connectivity index (χ1n) is 5.36. The molecule has 0 aromatic heterocycles. The number of fused-ring (bicyclic) bond motifs is 1. The van der Waals surface area contributed by atoms with E-state index in [4.69, 9.17) is 15.6 Å². The van der Waals surface area contributed by atoms with Gasteiger partial charge in [-0.05, 0) is 18.9 Å². The third-order valence-electron chi connectivity index (χ3n) is 3.28. The second-order valence-corrected chi connectivity index (χ2v) is 4.05. The Kier molecular flexibility index (Phi) is 2.93. The van der Waals surface area contributed by atoms with E-state index in [1.165, 1.54) is 0 Å². The quantitative estimate of drug-likeness (QED) is 0.779. The van der Waals surface area contributed by atoms with Crippen LogP contribution in [-0.2, 0) is 5.41 Å². The minimum atomic E-state index is -0.0937. The third kappa shape index (κ3) is 1.73. The predicted octanol–water partition coefficient (Wildman–Crippen LogP) is 1.05. The Labute approximate surface area is 89.9 Å². The molecule has 1 aliphatic rings. The van der Waals surface area contributed by atoms with Crippen molar-refractivity contribution in [2.45, 2.75) is 18.3 Å². The first-order chi connectivity index (χ1) is 7.32. The smallest absolute Gasteiger partial charge is 0.123 e. The maximum absolute atomic E-state index is 9.14. The van der Waals surface area contributed by atoms with Gasteiger partial charge in [-0.3, -0.25) is 0 Å². The van der Waals surface area contributed by atoms with Gasteiger partial charge >= 0.3 is 0 Å². The number of ether oxygens (including phenoxy) is 1. The molecule has 3 nitrogen and oxygen atoms in total. The van der Waals surface area contributed by atoms with Gasteiger partial charge in [-0.2, -0.15) is 0 Å². The fourth-order valence-corrected chi connectivity index (χ4v) is 2.31. The molecule has 0 amide bonds. The van der Waals surface area contributed by atoms with E-state index < -0.39 is 0 Å². The van der Waals surface area contributed by atoms with Crippen molar-refractivity contribution in [2.24, 2.45) is 5.73 Å². The highest BCUT2D eigenvalue weighted by molar-refractivity contribution is 5.41. The lowest BCUT2D eigenvalue weighted by Crippen LogP contribution is -2.40. The molecule has 3 N–H and O–H groups in total. The zero-order valence-electron chi connectivity index (χ0n) is 8.78. The molecule has 0 bridgehead atoms. The average Bonchev–Trinajstić information content (AvgIpc) is 2.30. The summed E-state index contributed by atoms with van der Waals surface area (Å²) in [7, 11) is 0. The molecular formula is C12H17NO2. The van der Waals surface area contributed by atoms with Crippen LogP contribution < -0.4 is 10.5 Å². The Morgan fingerprint density at radius 3 is 2.93 bits per heavy atom. The lowest BCUT2D eigenvalue weighted by Gasteiger charge is -2.37. The Morgan fingerprint density at radius 1 is 1.40 bits per heavy atom. The Balaban J connectivity index is 2.42. The molecule has 15 heavy (non-hydrogen) atoms. The number of hydrogen-bond donors (Lipinski definition) is 2. The molecule has 2 rings (SSSR count). The van der Waals surface area contributed by atoms with Gasteiger partial charge in [-0.15, -0.1) is 0 Å². The monoisotopic (exact) mass is 207 g/mol. The molecule has 0 saturated carbocycles. The van der Waals surface area contributed by atoms with Gasteiger partial charge < -0.3 is 15.6 Å². The van der Waals surface area contributed by atoms with Crippen LogP contribution in [0.2, 0.25) is 0 Å². The van der Waals surface area contributed by atoms with Crippen LogP contribution in [0.15, 0.2) is 24.3 Å². The molecule has 1 unspecified atom stereocenters. The van der Waals surface area contributed by atoms with Gasteiger partial charge in [-0.1, -0.05) is 18.2 Å². The van der Waals surface area contributed by atoms with Crippen molar-refractivity contribution in [3.05, 3.63) is 29.8 Å². The molecule has 0 fully saturated rings. The Hall–Kier alpha value is -1.06. The fourth-order valence-electron chi connectivity index (χ4n) is 2.31.